The zero-order chi connectivity index (χ0) is 21.7. The van der Waals surface area contributed by atoms with Crippen LogP contribution in [0, 0.1) is 0 Å². The molecule has 6 nitrogen and oxygen atoms in total. The molecule has 0 fully saturated rings. The van der Waals surface area contributed by atoms with Crippen LogP contribution in [0.2, 0.25) is 0 Å². The van der Waals surface area contributed by atoms with Crippen molar-refractivity contribution in [2.75, 3.05) is 13.6 Å². The Hall–Kier alpha value is -2.93. The van der Waals surface area contributed by atoms with Crippen LogP contribution in [0.5, 0.6) is 0 Å². The van der Waals surface area contributed by atoms with E-state index in [-0.39, 0.29) is 10.8 Å². The fourth-order valence-corrected chi connectivity index (χ4v) is 4.11. The van der Waals surface area contributed by atoms with E-state index < -0.39 is 15.1 Å². The topological polar surface area (TPSA) is 80.5 Å². The summed E-state index contributed by atoms with van der Waals surface area (Å²) in [5, 5.41) is 3.60. The van der Waals surface area contributed by atoms with E-state index in [1.54, 1.807) is 37.9 Å². The van der Waals surface area contributed by atoms with E-state index in [9.17, 15) is 13.2 Å². The summed E-state index contributed by atoms with van der Waals surface area (Å²) in [5.74, 6) is 0.629. The van der Waals surface area contributed by atoms with Crippen LogP contribution >= 0.6 is 0 Å². The third kappa shape index (κ3) is 4.97. The predicted octanol–water partition coefficient (Wildman–Crippen LogP) is 4.23. The van der Waals surface area contributed by atoms with Gasteiger partial charge in [-0.05, 0) is 44.5 Å². The lowest BCUT2D eigenvalue weighted by atomic mass is 10.1. The highest BCUT2D eigenvalue weighted by molar-refractivity contribution is 7.92. The SMILES string of the molecule is CC(C)S(=O)(=O)c1ccc(C(=O)N(C)CCCc2cc(-c3ccccc3)no2)cc1. The molecule has 0 aliphatic carbocycles. The van der Waals surface area contributed by atoms with Gasteiger partial charge in [-0.2, -0.15) is 0 Å². The number of aryl methyl sites for hydroxylation is 1. The maximum atomic E-state index is 12.6. The van der Waals surface area contributed by atoms with Crippen LogP contribution in [-0.4, -0.2) is 43.2 Å². The van der Waals surface area contributed by atoms with Gasteiger partial charge in [0.15, 0.2) is 9.84 Å². The first kappa shape index (κ1) is 21.8. The minimum atomic E-state index is -3.34. The van der Waals surface area contributed by atoms with Crippen LogP contribution in [-0.2, 0) is 16.3 Å². The highest BCUT2D eigenvalue weighted by Crippen LogP contribution is 2.20. The van der Waals surface area contributed by atoms with Crippen LogP contribution in [0.1, 0.15) is 36.4 Å². The molecule has 0 unspecified atom stereocenters. The summed E-state index contributed by atoms with van der Waals surface area (Å²) < 4.78 is 29.8. The van der Waals surface area contributed by atoms with Crippen LogP contribution in [0.4, 0.5) is 0 Å². The molecule has 158 valence electrons. The molecule has 0 radical (unpaired) electrons. The second kappa shape index (κ2) is 9.26. The van der Waals surface area contributed by atoms with Crippen molar-refractivity contribution in [1.82, 2.24) is 10.1 Å². The summed E-state index contributed by atoms with van der Waals surface area (Å²) in [7, 11) is -1.61. The Kier molecular flexibility index (Phi) is 6.72. The van der Waals surface area contributed by atoms with Gasteiger partial charge in [0.2, 0.25) is 0 Å². The van der Waals surface area contributed by atoms with Crippen molar-refractivity contribution in [3.8, 4) is 11.3 Å². The Balaban J connectivity index is 1.54. The van der Waals surface area contributed by atoms with Crippen molar-refractivity contribution in [1.29, 1.82) is 0 Å². The number of hydrogen-bond acceptors (Lipinski definition) is 5. The highest BCUT2D eigenvalue weighted by atomic mass is 32.2. The zero-order valence-corrected chi connectivity index (χ0v) is 18.2. The largest absolute Gasteiger partial charge is 0.361 e. The highest BCUT2D eigenvalue weighted by Gasteiger charge is 2.20. The lowest BCUT2D eigenvalue weighted by molar-refractivity contribution is 0.0792. The number of benzene rings is 2. The van der Waals surface area contributed by atoms with E-state index in [1.165, 1.54) is 12.1 Å². The molecule has 3 aromatic rings. The second-order valence-electron chi connectivity index (χ2n) is 7.49. The average Bonchev–Trinajstić information content (AvgIpc) is 3.22. The van der Waals surface area contributed by atoms with E-state index >= 15 is 0 Å². The van der Waals surface area contributed by atoms with Gasteiger partial charge in [-0.25, -0.2) is 8.42 Å². The van der Waals surface area contributed by atoms with Gasteiger partial charge in [-0.15, -0.1) is 0 Å². The average molecular weight is 427 g/mol. The molecule has 0 spiro atoms. The van der Waals surface area contributed by atoms with E-state index in [1.807, 2.05) is 36.4 Å². The van der Waals surface area contributed by atoms with Crippen LogP contribution in [0.3, 0.4) is 0 Å². The lowest BCUT2D eigenvalue weighted by Gasteiger charge is -2.17. The maximum absolute atomic E-state index is 12.6. The van der Waals surface area contributed by atoms with E-state index in [0.717, 1.165) is 23.4 Å². The Morgan fingerprint density at radius 3 is 2.37 bits per heavy atom. The normalized spacial score (nSPS) is 11.6. The van der Waals surface area contributed by atoms with Gasteiger partial charge >= 0.3 is 0 Å². The quantitative estimate of drug-likeness (QED) is 0.538. The molecule has 2 aromatic carbocycles. The Morgan fingerprint density at radius 2 is 1.73 bits per heavy atom. The number of rotatable bonds is 8. The lowest BCUT2D eigenvalue weighted by Crippen LogP contribution is -2.28. The first-order valence-corrected chi connectivity index (χ1v) is 11.4. The number of sulfone groups is 1. The summed E-state index contributed by atoms with van der Waals surface area (Å²) in [6.07, 6.45) is 1.40. The van der Waals surface area contributed by atoms with Crippen LogP contribution in [0.25, 0.3) is 11.3 Å². The molecule has 0 atom stereocenters. The maximum Gasteiger partial charge on any atom is 0.253 e. The minimum absolute atomic E-state index is 0.147. The summed E-state index contributed by atoms with van der Waals surface area (Å²) in [6.45, 7) is 3.82. The number of amides is 1. The molecule has 0 aliphatic rings. The third-order valence-corrected chi connectivity index (χ3v) is 7.11. The first-order valence-electron chi connectivity index (χ1n) is 9.89. The summed E-state index contributed by atoms with van der Waals surface area (Å²) in [4.78, 5) is 14.5. The Labute approximate surface area is 177 Å². The minimum Gasteiger partial charge on any atom is -0.361 e. The fraction of sp³-hybridized carbons (Fsp3) is 0.304. The Bertz CT molecular complexity index is 1090. The van der Waals surface area contributed by atoms with E-state index in [0.29, 0.717) is 18.5 Å². The molecule has 0 bridgehead atoms. The van der Waals surface area contributed by atoms with Crippen molar-refractivity contribution in [3.05, 3.63) is 72.0 Å². The van der Waals surface area contributed by atoms with Crippen molar-refractivity contribution < 1.29 is 17.7 Å². The Morgan fingerprint density at radius 1 is 1.07 bits per heavy atom. The van der Waals surface area contributed by atoms with E-state index in [2.05, 4.69) is 5.16 Å². The summed E-state index contributed by atoms with van der Waals surface area (Å²) in [6, 6.07) is 17.9. The molecule has 7 heteroatoms. The monoisotopic (exact) mass is 426 g/mol. The molecule has 1 heterocycles. The second-order valence-corrected chi connectivity index (χ2v) is 10.00. The van der Waals surface area contributed by atoms with Gasteiger partial charge in [0, 0.05) is 37.2 Å². The van der Waals surface area contributed by atoms with Crippen molar-refractivity contribution in [2.24, 2.45) is 0 Å². The van der Waals surface area contributed by atoms with Crippen molar-refractivity contribution in [3.63, 3.8) is 0 Å². The number of carbonyl (C=O) groups is 1. The molecule has 1 aromatic heterocycles. The predicted molar refractivity (Wildman–Crippen MR) is 116 cm³/mol. The van der Waals surface area contributed by atoms with Gasteiger partial charge in [0.05, 0.1) is 10.1 Å². The molecule has 3 rings (SSSR count). The number of nitrogens with zero attached hydrogens (tertiary/aromatic N) is 2. The summed E-state index contributed by atoms with van der Waals surface area (Å²) >= 11 is 0. The molecule has 0 aliphatic heterocycles. The van der Waals surface area contributed by atoms with Gasteiger partial charge in [-0.1, -0.05) is 35.5 Å². The molecule has 30 heavy (non-hydrogen) atoms. The van der Waals surface area contributed by atoms with Crippen molar-refractivity contribution in [2.45, 2.75) is 36.8 Å². The fourth-order valence-electron chi connectivity index (χ4n) is 3.05. The molecule has 0 saturated carbocycles. The zero-order valence-electron chi connectivity index (χ0n) is 17.4. The van der Waals surface area contributed by atoms with Crippen LogP contribution in [0.15, 0.2) is 70.1 Å². The first-order chi connectivity index (χ1) is 14.3. The van der Waals surface area contributed by atoms with Gasteiger partial charge in [0.1, 0.15) is 11.5 Å². The van der Waals surface area contributed by atoms with Gasteiger partial charge < -0.3 is 9.42 Å². The standard InChI is InChI=1S/C23H26N2O4S/c1-17(2)30(27,28)21-13-11-19(12-14-21)23(26)25(3)15-7-10-20-16-22(24-29-20)18-8-5-4-6-9-18/h4-6,8-9,11-14,16-17H,7,10,15H2,1-3H3. The third-order valence-electron chi connectivity index (χ3n) is 4.94. The van der Waals surface area contributed by atoms with Gasteiger partial charge in [-0.3, -0.25) is 4.79 Å². The summed E-state index contributed by atoms with van der Waals surface area (Å²) in [5.41, 5.74) is 2.26. The number of carbonyl (C=O) groups excluding carboxylic acids is 1. The smallest absolute Gasteiger partial charge is 0.253 e. The van der Waals surface area contributed by atoms with Gasteiger partial charge in [0.25, 0.3) is 5.91 Å². The molecular formula is C23H26N2O4S. The molecule has 1 amide bonds. The van der Waals surface area contributed by atoms with E-state index in [4.69, 9.17) is 4.52 Å². The van der Waals surface area contributed by atoms with Crippen molar-refractivity contribution >= 4 is 15.7 Å². The number of hydrogen-bond donors (Lipinski definition) is 0. The number of aromatic nitrogens is 1. The molecule has 0 N–H and O–H groups in total. The molecule has 0 saturated heterocycles. The molecular weight excluding hydrogens is 400 g/mol. The van der Waals surface area contributed by atoms with Crippen LogP contribution < -0.4 is 0 Å².